The topological polar surface area (TPSA) is 105 Å². The van der Waals surface area contributed by atoms with Gasteiger partial charge in [-0.2, -0.15) is 0 Å². The fraction of sp³-hybridized carbons (Fsp3) is 0.447. The van der Waals surface area contributed by atoms with Gasteiger partial charge >= 0.3 is 6.09 Å². The van der Waals surface area contributed by atoms with E-state index in [0.717, 1.165) is 74.3 Å². The van der Waals surface area contributed by atoms with Gasteiger partial charge in [-0.1, -0.05) is 76.2 Å². The van der Waals surface area contributed by atoms with E-state index < -0.39 is 12.1 Å². The number of hydrogen-bond acceptors (Lipinski definition) is 8. The van der Waals surface area contributed by atoms with Gasteiger partial charge < -0.3 is 19.9 Å². The average Bonchev–Trinajstić information content (AvgIpc) is 3.93. The fourth-order valence-electron chi connectivity index (χ4n) is 6.76. The van der Waals surface area contributed by atoms with Crippen molar-refractivity contribution in [3.63, 3.8) is 0 Å². The second-order valence-corrected chi connectivity index (χ2v) is 15.8. The van der Waals surface area contributed by atoms with Crippen molar-refractivity contribution in [3.05, 3.63) is 70.9 Å². The molecule has 0 saturated carbocycles. The number of methoxy groups -OCH3 is 1. The summed E-state index contributed by atoms with van der Waals surface area (Å²) in [5.74, 6) is 0.416. The molecule has 11 heteroatoms. The Morgan fingerprint density at radius 2 is 1.24 bits per heavy atom. The summed E-state index contributed by atoms with van der Waals surface area (Å²) in [6.45, 7) is 9.48. The largest absolute Gasteiger partial charge is 0.453 e. The Morgan fingerprint density at radius 1 is 0.776 bits per heavy atom. The third-order valence-corrected chi connectivity index (χ3v) is 11.7. The smallest absolute Gasteiger partial charge is 0.407 e. The monoisotopic (exact) mass is 699 g/mol. The maximum atomic E-state index is 13.5. The molecule has 2 aromatic heterocycles. The molecule has 2 aliphatic rings. The molecule has 4 heterocycles. The van der Waals surface area contributed by atoms with Gasteiger partial charge in [0.05, 0.1) is 28.9 Å². The van der Waals surface area contributed by atoms with Gasteiger partial charge in [-0.05, 0) is 59.8 Å². The number of carbonyl (C=O) groups is 3. The van der Waals surface area contributed by atoms with E-state index in [1.807, 2.05) is 36.0 Å². The predicted octanol–water partition coefficient (Wildman–Crippen LogP) is 8.35. The normalized spacial score (nSPS) is 18.3. The van der Waals surface area contributed by atoms with Crippen molar-refractivity contribution < 1.29 is 19.1 Å². The lowest BCUT2D eigenvalue weighted by Crippen LogP contribution is -2.51. The van der Waals surface area contributed by atoms with Crippen LogP contribution in [0.1, 0.15) is 81.9 Å². The molecule has 3 amide bonds. The summed E-state index contributed by atoms with van der Waals surface area (Å²) in [6.07, 6.45) is 7.56. The van der Waals surface area contributed by atoms with Crippen LogP contribution in [0.5, 0.6) is 0 Å². The van der Waals surface area contributed by atoms with E-state index in [1.165, 1.54) is 7.11 Å². The SMILES string of the molecule is COC(=O)N[C@@H](C(=O)N1CCC[C@H]1c1ncc(-c2ccc(-c3ccc(-c4cnc([C@@H]5CCCN5C(=O)CC(C)C)s4)cc3)cc2)s1)C(C)C. The van der Waals surface area contributed by atoms with Crippen LogP contribution in [0.3, 0.4) is 0 Å². The Morgan fingerprint density at radius 3 is 1.71 bits per heavy atom. The number of likely N-dealkylation sites (tertiary alicyclic amines) is 2. The van der Waals surface area contributed by atoms with Gasteiger partial charge in [0.2, 0.25) is 11.8 Å². The van der Waals surface area contributed by atoms with Crippen LogP contribution in [0.2, 0.25) is 0 Å². The Balaban J connectivity index is 1.11. The fourth-order valence-corrected chi connectivity index (χ4v) is 8.90. The van der Waals surface area contributed by atoms with Crippen LogP contribution < -0.4 is 5.32 Å². The quantitative estimate of drug-likeness (QED) is 0.178. The standard InChI is InChI=1S/C38H45N5O4S2/c1-23(2)20-33(44)42-18-6-8-29(42)35-39-21-31(48-35)27-14-10-25(11-15-27)26-12-16-28(17-13-26)32-22-40-36(49-32)30-9-7-19-43(30)37(45)34(24(3)4)41-38(46)47-5/h10-17,21-24,29-30,34H,6-9,18-20H2,1-5H3,(H,41,46)/t29-,30-,34+/m0/s1. The van der Waals surface area contributed by atoms with Crippen LogP contribution in [-0.2, 0) is 14.3 Å². The lowest BCUT2D eigenvalue weighted by atomic mass is 10.0. The second kappa shape index (κ2) is 15.2. The summed E-state index contributed by atoms with van der Waals surface area (Å²) in [5.41, 5.74) is 4.46. The zero-order chi connectivity index (χ0) is 34.7. The second-order valence-electron chi connectivity index (χ2n) is 13.7. The van der Waals surface area contributed by atoms with E-state index in [1.54, 1.807) is 22.7 Å². The molecule has 49 heavy (non-hydrogen) atoms. The molecule has 258 valence electrons. The molecule has 0 aliphatic carbocycles. The molecule has 6 rings (SSSR count). The number of rotatable bonds is 10. The highest BCUT2D eigenvalue weighted by Crippen LogP contribution is 2.40. The molecule has 4 aromatic rings. The summed E-state index contributed by atoms with van der Waals surface area (Å²) >= 11 is 3.31. The molecule has 0 bridgehead atoms. The summed E-state index contributed by atoms with van der Waals surface area (Å²) < 4.78 is 4.76. The van der Waals surface area contributed by atoms with Gasteiger partial charge in [0.15, 0.2) is 0 Å². The highest BCUT2D eigenvalue weighted by atomic mass is 32.1. The van der Waals surface area contributed by atoms with Crippen molar-refractivity contribution in [1.29, 1.82) is 0 Å². The number of ether oxygens (including phenoxy) is 1. The van der Waals surface area contributed by atoms with Crippen molar-refractivity contribution in [3.8, 4) is 32.0 Å². The van der Waals surface area contributed by atoms with E-state index in [2.05, 4.69) is 67.7 Å². The summed E-state index contributed by atoms with van der Waals surface area (Å²) in [4.78, 5) is 53.8. The molecular weight excluding hydrogens is 655 g/mol. The van der Waals surface area contributed by atoms with Crippen LogP contribution in [-0.4, -0.2) is 63.9 Å². The van der Waals surface area contributed by atoms with Crippen molar-refractivity contribution in [2.75, 3.05) is 20.2 Å². The zero-order valence-electron chi connectivity index (χ0n) is 28.8. The lowest BCUT2D eigenvalue weighted by Gasteiger charge is -2.29. The van der Waals surface area contributed by atoms with Crippen LogP contribution in [0.4, 0.5) is 4.79 Å². The van der Waals surface area contributed by atoms with Gasteiger partial charge in [-0.3, -0.25) is 9.59 Å². The summed E-state index contributed by atoms with van der Waals surface area (Å²) in [6, 6.07) is 16.4. The van der Waals surface area contributed by atoms with Crippen LogP contribution >= 0.6 is 22.7 Å². The maximum absolute atomic E-state index is 13.5. The van der Waals surface area contributed by atoms with E-state index in [4.69, 9.17) is 14.7 Å². The number of nitrogens with zero attached hydrogens (tertiary/aromatic N) is 4. The molecule has 2 aliphatic heterocycles. The number of carbonyl (C=O) groups excluding carboxylic acids is 3. The van der Waals surface area contributed by atoms with Crippen molar-refractivity contribution in [2.45, 2.75) is 77.9 Å². The third kappa shape index (κ3) is 7.73. The van der Waals surface area contributed by atoms with E-state index in [0.29, 0.717) is 18.9 Å². The number of amides is 3. The first-order chi connectivity index (χ1) is 23.6. The zero-order valence-corrected chi connectivity index (χ0v) is 30.5. The van der Waals surface area contributed by atoms with Gasteiger partial charge in [-0.15, -0.1) is 22.7 Å². The van der Waals surface area contributed by atoms with Crippen molar-refractivity contribution in [1.82, 2.24) is 25.1 Å². The van der Waals surface area contributed by atoms with Gasteiger partial charge in [0, 0.05) is 31.9 Å². The minimum Gasteiger partial charge on any atom is -0.453 e. The minimum atomic E-state index is -0.650. The van der Waals surface area contributed by atoms with Gasteiger partial charge in [-0.25, -0.2) is 14.8 Å². The lowest BCUT2D eigenvalue weighted by molar-refractivity contribution is -0.135. The van der Waals surface area contributed by atoms with Crippen LogP contribution in [0.15, 0.2) is 60.9 Å². The first-order valence-electron chi connectivity index (χ1n) is 17.2. The summed E-state index contributed by atoms with van der Waals surface area (Å²) in [5, 5.41) is 4.65. The minimum absolute atomic E-state index is 0.0737. The van der Waals surface area contributed by atoms with E-state index in [9.17, 15) is 14.4 Å². The first-order valence-corrected chi connectivity index (χ1v) is 18.8. The molecule has 0 spiro atoms. The summed E-state index contributed by atoms with van der Waals surface area (Å²) in [7, 11) is 1.30. The van der Waals surface area contributed by atoms with Gasteiger partial charge in [0.1, 0.15) is 16.1 Å². The Kier molecular flexibility index (Phi) is 10.8. The number of benzene rings is 2. The number of thiazole rings is 2. The Labute approximate surface area is 296 Å². The third-order valence-electron chi connectivity index (χ3n) is 9.37. The van der Waals surface area contributed by atoms with Crippen LogP contribution in [0, 0.1) is 11.8 Å². The molecule has 2 saturated heterocycles. The van der Waals surface area contributed by atoms with Crippen molar-refractivity contribution >= 4 is 40.6 Å². The Hall–Kier alpha value is -4.09. The molecule has 0 radical (unpaired) electrons. The van der Waals surface area contributed by atoms with Crippen molar-refractivity contribution in [2.24, 2.45) is 11.8 Å². The van der Waals surface area contributed by atoms with E-state index >= 15 is 0 Å². The molecular formula is C38H45N5O4S2. The number of hydrogen-bond donors (Lipinski definition) is 1. The van der Waals surface area contributed by atoms with Gasteiger partial charge in [0.25, 0.3) is 0 Å². The Bertz CT molecular complexity index is 1760. The molecule has 1 N–H and O–H groups in total. The average molecular weight is 700 g/mol. The molecule has 2 fully saturated rings. The highest BCUT2D eigenvalue weighted by Gasteiger charge is 2.37. The number of nitrogens with one attached hydrogen (secondary N) is 1. The molecule has 2 aromatic carbocycles. The van der Waals surface area contributed by atoms with E-state index in [-0.39, 0.29) is 29.8 Å². The molecule has 0 unspecified atom stereocenters. The highest BCUT2D eigenvalue weighted by molar-refractivity contribution is 7.15. The number of alkyl carbamates (subject to hydrolysis) is 1. The molecule has 9 nitrogen and oxygen atoms in total. The predicted molar refractivity (Wildman–Crippen MR) is 195 cm³/mol. The maximum Gasteiger partial charge on any atom is 0.407 e. The van der Waals surface area contributed by atoms with Crippen LogP contribution in [0.25, 0.3) is 32.0 Å². The number of aromatic nitrogens is 2. The first kappa shape index (κ1) is 34.8. The molecule has 3 atom stereocenters.